The van der Waals surface area contributed by atoms with E-state index in [0.29, 0.717) is 17.5 Å². The molecule has 110 valence electrons. The first-order valence-electron chi connectivity index (χ1n) is 6.89. The van der Waals surface area contributed by atoms with Crippen LogP contribution in [-0.4, -0.2) is 34.5 Å². The predicted molar refractivity (Wildman–Crippen MR) is 79.2 cm³/mol. The van der Waals surface area contributed by atoms with Crippen LogP contribution in [0.2, 0.25) is 5.15 Å². The third kappa shape index (κ3) is 2.49. The first-order valence-corrected chi connectivity index (χ1v) is 7.26. The molecule has 0 N–H and O–H groups in total. The third-order valence-corrected chi connectivity index (χ3v) is 3.60. The Morgan fingerprint density at radius 2 is 1.90 bits per heavy atom. The molecular formula is C13H16ClN7. The molecule has 0 spiro atoms. The molecule has 0 amide bonds. The van der Waals surface area contributed by atoms with Crippen molar-refractivity contribution in [3.63, 3.8) is 0 Å². The van der Waals surface area contributed by atoms with Crippen molar-refractivity contribution < 1.29 is 0 Å². The van der Waals surface area contributed by atoms with Crippen LogP contribution in [0.5, 0.6) is 0 Å². The Hall–Kier alpha value is -2.02. The van der Waals surface area contributed by atoms with Crippen molar-refractivity contribution in [2.75, 3.05) is 0 Å². The maximum absolute atomic E-state index is 6.20. The molecule has 3 aromatic heterocycles. The van der Waals surface area contributed by atoms with Crippen molar-refractivity contribution >= 4 is 22.6 Å². The SMILES string of the molecule is CCc1nc(CC)n(Cc2nc(Cl)c3cnn(C)c3n2)n1. The van der Waals surface area contributed by atoms with Gasteiger partial charge in [-0.3, -0.25) is 4.68 Å². The maximum Gasteiger partial charge on any atom is 0.162 e. The lowest BCUT2D eigenvalue weighted by molar-refractivity contribution is 0.614. The van der Waals surface area contributed by atoms with Crippen LogP contribution in [-0.2, 0) is 26.4 Å². The highest BCUT2D eigenvalue weighted by atomic mass is 35.5. The fourth-order valence-corrected chi connectivity index (χ4v) is 2.43. The number of fused-ring (bicyclic) bond motifs is 1. The molecule has 3 heterocycles. The fraction of sp³-hybridized carbons (Fsp3) is 0.462. The van der Waals surface area contributed by atoms with Gasteiger partial charge < -0.3 is 0 Å². The van der Waals surface area contributed by atoms with Crippen LogP contribution < -0.4 is 0 Å². The van der Waals surface area contributed by atoms with Crippen molar-refractivity contribution in [1.29, 1.82) is 0 Å². The molecule has 0 aliphatic rings. The Kier molecular flexibility index (Phi) is 3.59. The molecule has 0 fully saturated rings. The van der Waals surface area contributed by atoms with Gasteiger partial charge >= 0.3 is 0 Å². The number of nitrogens with zero attached hydrogens (tertiary/aromatic N) is 7. The summed E-state index contributed by atoms with van der Waals surface area (Å²) in [6.07, 6.45) is 3.29. The molecule has 3 rings (SSSR count). The van der Waals surface area contributed by atoms with E-state index in [1.165, 1.54) is 0 Å². The zero-order valence-corrected chi connectivity index (χ0v) is 13.0. The first-order chi connectivity index (χ1) is 10.1. The molecule has 0 atom stereocenters. The zero-order valence-electron chi connectivity index (χ0n) is 12.2. The van der Waals surface area contributed by atoms with E-state index in [-0.39, 0.29) is 0 Å². The highest BCUT2D eigenvalue weighted by Gasteiger charge is 2.13. The monoisotopic (exact) mass is 305 g/mol. The van der Waals surface area contributed by atoms with Gasteiger partial charge in [0.15, 0.2) is 17.3 Å². The summed E-state index contributed by atoms with van der Waals surface area (Å²) in [7, 11) is 1.83. The van der Waals surface area contributed by atoms with Crippen molar-refractivity contribution in [3.8, 4) is 0 Å². The second-order valence-electron chi connectivity index (χ2n) is 4.75. The van der Waals surface area contributed by atoms with E-state index in [2.05, 4.69) is 32.1 Å². The Morgan fingerprint density at radius 1 is 1.10 bits per heavy atom. The molecule has 8 heteroatoms. The standard InChI is InChI=1S/C13H16ClN7/c1-4-9-16-11(5-2)21(19-9)7-10-17-12(14)8-6-15-20(3)13(8)18-10/h6H,4-5,7H2,1-3H3. The summed E-state index contributed by atoms with van der Waals surface area (Å²) in [5, 5.41) is 9.80. The summed E-state index contributed by atoms with van der Waals surface area (Å²) in [6, 6.07) is 0. The molecule has 7 nitrogen and oxygen atoms in total. The van der Waals surface area contributed by atoms with Crippen LogP contribution in [0, 0.1) is 0 Å². The van der Waals surface area contributed by atoms with Crippen molar-refractivity contribution in [2.45, 2.75) is 33.2 Å². The van der Waals surface area contributed by atoms with E-state index < -0.39 is 0 Å². The van der Waals surface area contributed by atoms with Gasteiger partial charge in [-0.05, 0) is 0 Å². The average Bonchev–Trinajstić information content (AvgIpc) is 3.03. The minimum atomic E-state index is 0.414. The van der Waals surface area contributed by atoms with Crippen molar-refractivity contribution in [3.05, 3.63) is 28.8 Å². The van der Waals surface area contributed by atoms with Crippen LogP contribution in [0.3, 0.4) is 0 Å². The molecule has 0 aliphatic carbocycles. The third-order valence-electron chi connectivity index (χ3n) is 3.31. The zero-order chi connectivity index (χ0) is 15.0. The quantitative estimate of drug-likeness (QED) is 0.687. The summed E-state index contributed by atoms with van der Waals surface area (Å²) < 4.78 is 3.53. The van der Waals surface area contributed by atoms with Crippen LogP contribution >= 0.6 is 11.6 Å². The van der Waals surface area contributed by atoms with Gasteiger partial charge in [0.25, 0.3) is 0 Å². The minimum absolute atomic E-state index is 0.414. The second kappa shape index (κ2) is 5.40. The summed E-state index contributed by atoms with van der Waals surface area (Å²) in [5.74, 6) is 2.37. The van der Waals surface area contributed by atoms with Gasteiger partial charge in [-0.25, -0.2) is 19.6 Å². The van der Waals surface area contributed by atoms with Gasteiger partial charge in [0.05, 0.1) is 11.6 Å². The van der Waals surface area contributed by atoms with Gasteiger partial charge in [-0.1, -0.05) is 25.4 Å². The van der Waals surface area contributed by atoms with E-state index in [9.17, 15) is 0 Å². The maximum atomic E-state index is 6.20. The van der Waals surface area contributed by atoms with Crippen LogP contribution in [0.1, 0.15) is 31.3 Å². The average molecular weight is 306 g/mol. The largest absolute Gasteiger partial charge is 0.250 e. The Labute approximate surface area is 127 Å². The number of halogens is 1. The summed E-state index contributed by atoms with van der Waals surface area (Å²) in [5.41, 5.74) is 0.721. The first kappa shape index (κ1) is 13.9. The van der Waals surface area contributed by atoms with E-state index in [1.807, 2.05) is 18.7 Å². The predicted octanol–water partition coefficient (Wildman–Crippen LogP) is 1.78. The number of aryl methyl sites for hydroxylation is 3. The van der Waals surface area contributed by atoms with Gasteiger partial charge in [0.2, 0.25) is 0 Å². The van der Waals surface area contributed by atoms with E-state index in [0.717, 1.165) is 35.5 Å². The smallest absolute Gasteiger partial charge is 0.162 e. The Balaban J connectivity index is 2.01. The Morgan fingerprint density at radius 3 is 2.62 bits per heavy atom. The molecule has 0 aromatic carbocycles. The molecule has 0 unspecified atom stereocenters. The molecule has 0 aliphatic heterocycles. The van der Waals surface area contributed by atoms with Crippen molar-refractivity contribution in [2.24, 2.45) is 7.05 Å². The summed E-state index contributed by atoms with van der Waals surface area (Å²) >= 11 is 6.20. The van der Waals surface area contributed by atoms with Crippen LogP contribution in [0.25, 0.3) is 11.0 Å². The van der Waals surface area contributed by atoms with Crippen LogP contribution in [0.4, 0.5) is 0 Å². The molecule has 0 saturated carbocycles. The Bertz CT molecular complexity index is 789. The molecule has 0 radical (unpaired) electrons. The van der Waals surface area contributed by atoms with Gasteiger partial charge in [-0.2, -0.15) is 10.2 Å². The molecule has 21 heavy (non-hydrogen) atoms. The lowest BCUT2D eigenvalue weighted by Gasteiger charge is -2.05. The van der Waals surface area contributed by atoms with E-state index >= 15 is 0 Å². The number of rotatable bonds is 4. The normalized spacial score (nSPS) is 11.4. The number of hydrogen-bond acceptors (Lipinski definition) is 5. The second-order valence-corrected chi connectivity index (χ2v) is 5.10. The number of hydrogen-bond donors (Lipinski definition) is 0. The highest BCUT2D eigenvalue weighted by Crippen LogP contribution is 2.19. The van der Waals surface area contributed by atoms with Gasteiger partial charge in [0.1, 0.15) is 17.5 Å². The molecule has 3 aromatic rings. The molecule has 0 bridgehead atoms. The van der Waals surface area contributed by atoms with Gasteiger partial charge in [0, 0.05) is 19.9 Å². The molecule has 0 saturated heterocycles. The van der Waals surface area contributed by atoms with Gasteiger partial charge in [-0.15, -0.1) is 0 Å². The lowest BCUT2D eigenvalue weighted by Crippen LogP contribution is -2.10. The number of aromatic nitrogens is 7. The topological polar surface area (TPSA) is 74.3 Å². The molecular weight excluding hydrogens is 290 g/mol. The van der Waals surface area contributed by atoms with Crippen LogP contribution in [0.15, 0.2) is 6.20 Å². The van der Waals surface area contributed by atoms with E-state index in [4.69, 9.17) is 11.6 Å². The van der Waals surface area contributed by atoms with E-state index in [1.54, 1.807) is 10.9 Å². The minimum Gasteiger partial charge on any atom is -0.250 e. The highest BCUT2D eigenvalue weighted by molar-refractivity contribution is 6.33. The lowest BCUT2D eigenvalue weighted by atomic mass is 10.4. The van der Waals surface area contributed by atoms with Crippen molar-refractivity contribution in [1.82, 2.24) is 34.5 Å². The summed E-state index contributed by atoms with van der Waals surface area (Å²) in [6.45, 7) is 4.54. The fourth-order valence-electron chi connectivity index (χ4n) is 2.20. The summed E-state index contributed by atoms with van der Waals surface area (Å²) in [4.78, 5) is 13.3.